The summed E-state index contributed by atoms with van der Waals surface area (Å²) in [6.07, 6.45) is -4.23. The maximum absolute atomic E-state index is 12.9. The van der Waals surface area contributed by atoms with Crippen molar-refractivity contribution in [2.45, 2.75) is 38.9 Å². The summed E-state index contributed by atoms with van der Waals surface area (Å²) in [5.41, 5.74) is 0.312. The molecule has 154 valence electrons. The lowest BCUT2D eigenvalue weighted by Gasteiger charge is -2.17. The van der Waals surface area contributed by atoms with Crippen LogP contribution in [0.15, 0.2) is 48.5 Å². The molecule has 1 saturated carbocycles. The molecule has 2 aromatic carbocycles. The van der Waals surface area contributed by atoms with Crippen LogP contribution in [-0.4, -0.2) is 18.5 Å². The zero-order chi connectivity index (χ0) is 21.2. The van der Waals surface area contributed by atoms with Crippen molar-refractivity contribution in [1.82, 2.24) is 5.32 Å². The molecule has 4 nitrogen and oxygen atoms in total. The second-order valence-corrected chi connectivity index (χ2v) is 7.24. The highest BCUT2D eigenvalue weighted by molar-refractivity contribution is 6.07. The number of amides is 1. The van der Waals surface area contributed by atoms with Gasteiger partial charge in [-0.15, -0.1) is 0 Å². The lowest BCUT2D eigenvalue weighted by Crippen LogP contribution is -2.39. The molecule has 0 heterocycles. The highest BCUT2D eigenvalue weighted by Crippen LogP contribution is 2.60. The molecule has 1 aliphatic carbocycles. The van der Waals surface area contributed by atoms with Gasteiger partial charge in [0.15, 0.2) is 5.41 Å². The first-order valence-electron chi connectivity index (χ1n) is 9.36. The van der Waals surface area contributed by atoms with E-state index in [0.29, 0.717) is 5.56 Å². The molecule has 0 bridgehead atoms. The van der Waals surface area contributed by atoms with Gasteiger partial charge in [0.1, 0.15) is 0 Å². The smallest absolute Gasteiger partial charge is 0.416 e. The minimum absolute atomic E-state index is 0.117. The molecule has 1 amide bonds. The Morgan fingerprint density at radius 3 is 2.28 bits per heavy atom. The number of carbonyl (C=O) groups is 2. The van der Waals surface area contributed by atoms with Gasteiger partial charge in [0.25, 0.3) is 0 Å². The molecule has 0 saturated heterocycles. The second kappa shape index (κ2) is 7.89. The lowest BCUT2D eigenvalue weighted by molar-refractivity contribution is -0.154. The molecule has 2 aromatic rings. The van der Waals surface area contributed by atoms with E-state index in [1.807, 2.05) is 31.2 Å². The summed E-state index contributed by atoms with van der Waals surface area (Å²) >= 11 is 0. The van der Waals surface area contributed by atoms with Gasteiger partial charge in [-0.3, -0.25) is 9.59 Å². The minimum atomic E-state index is -4.44. The fourth-order valence-corrected chi connectivity index (χ4v) is 3.44. The largest absolute Gasteiger partial charge is 0.465 e. The van der Waals surface area contributed by atoms with E-state index in [-0.39, 0.29) is 19.6 Å². The van der Waals surface area contributed by atoms with Crippen LogP contribution in [0, 0.1) is 12.3 Å². The number of ether oxygens (including phenoxy) is 1. The second-order valence-electron chi connectivity index (χ2n) is 7.24. The summed E-state index contributed by atoms with van der Waals surface area (Å²) in [6.45, 7) is 3.97. The van der Waals surface area contributed by atoms with Crippen molar-refractivity contribution in [3.8, 4) is 0 Å². The van der Waals surface area contributed by atoms with Gasteiger partial charge in [0.2, 0.25) is 5.91 Å². The number of esters is 1. The van der Waals surface area contributed by atoms with Crippen LogP contribution < -0.4 is 5.32 Å². The predicted molar refractivity (Wildman–Crippen MR) is 101 cm³/mol. The van der Waals surface area contributed by atoms with E-state index in [0.717, 1.165) is 23.3 Å². The van der Waals surface area contributed by atoms with E-state index < -0.39 is 34.9 Å². The molecule has 3 rings (SSSR count). The van der Waals surface area contributed by atoms with Gasteiger partial charge in [0, 0.05) is 12.5 Å². The number of alkyl halides is 3. The maximum Gasteiger partial charge on any atom is 0.416 e. The monoisotopic (exact) mass is 405 g/mol. The van der Waals surface area contributed by atoms with E-state index in [4.69, 9.17) is 4.74 Å². The Kier molecular flexibility index (Phi) is 5.68. The van der Waals surface area contributed by atoms with Gasteiger partial charge in [-0.05, 0) is 43.5 Å². The number of benzene rings is 2. The van der Waals surface area contributed by atoms with Gasteiger partial charge in [0.05, 0.1) is 12.2 Å². The summed E-state index contributed by atoms with van der Waals surface area (Å²) in [5.74, 6) is -1.63. The number of hydrogen-bond acceptors (Lipinski definition) is 3. The standard InChI is InChI=1S/C22H22F3NO3/c1-3-29-20(28)21(19(27)26-13-15-6-4-14(2)5-7-15)12-18(21)16-8-10-17(11-9-16)22(23,24)25/h4-11,18H,3,12-13H2,1-2H3,(H,26,27). The fourth-order valence-electron chi connectivity index (χ4n) is 3.44. The fraction of sp³-hybridized carbons (Fsp3) is 0.364. The Morgan fingerprint density at radius 1 is 1.10 bits per heavy atom. The van der Waals surface area contributed by atoms with Crippen LogP contribution in [-0.2, 0) is 27.0 Å². The van der Waals surface area contributed by atoms with Gasteiger partial charge < -0.3 is 10.1 Å². The average molecular weight is 405 g/mol. The van der Waals surface area contributed by atoms with Crippen LogP contribution in [0.25, 0.3) is 0 Å². The molecule has 29 heavy (non-hydrogen) atoms. The van der Waals surface area contributed by atoms with Crippen molar-refractivity contribution in [1.29, 1.82) is 0 Å². The SMILES string of the molecule is CCOC(=O)C1(C(=O)NCc2ccc(C)cc2)CC1c1ccc(C(F)(F)F)cc1. The third kappa shape index (κ3) is 4.28. The molecule has 0 radical (unpaired) electrons. The van der Waals surface area contributed by atoms with Gasteiger partial charge in [-0.2, -0.15) is 13.2 Å². The zero-order valence-corrected chi connectivity index (χ0v) is 16.2. The number of hydrogen-bond donors (Lipinski definition) is 1. The first kappa shape index (κ1) is 20.9. The highest BCUT2D eigenvalue weighted by Gasteiger charge is 2.67. The molecule has 0 spiro atoms. The Morgan fingerprint density at radius 2 is 1.72 bits per heavy atom. The van der Waals surface area contributed by atoms with Gasteiger partial charge >= 0.3 is 12.1 Å². The first-order valence-corrected chi connectivity index (χ1v) is 9.36. The third-order valence-corrected chi connectivity index (χ3v) is 5.22. The van der Waals surface area contributed by atoms with Crippen LogP contribution in [0.3, 0.4) is 0 Å². The Labute approximate surface area is 167 Å². The highest BCUT2D eigenvalue weighted by atomic mass is 19.4. The Balaban J connectivity index is 1.77. The molecule has 7 heteroatoms. The molecule has 0 aromatic heterocycles. The van der Waals surface area contributed by atoms with Crippen molar-refractivity contribution in [3.63, 3.8) is 0 Å². The lowest BCUT2D eigenvalue weighted by atomic mass is 9.97. The van der Waals surface area contributed by atoms with Crippen LogP contribution in [0.1, 0.15) is 41.5 Å². The van der Waals surface area contributed by atoms with Gasteiger partial charge in [-0.1, -0.05) is 42.0 Å². The van der Waals surface area contributed by atoms with E-state index in [1.165, 1.54) is 12.1 Å². The van der Waals surface area contributed by atoms with E-state index >= 15 is 0 Å². The van der Waals surface area contributed by atoms with Crippen molar-refractivity contribution in [3.05, 3.63) is 70.8 Å². The summed E-state index contributed by atoms with van der Waals surface area (Å²) in [6, 6.07) is 12.2. The summed E-state index contributed by atoms with van der Waals surface area (Å²) in [5, 5.41) is 2.78. The number of nitrogens with one attached hydrogen (secondary N) is 1. The third-order valence-electron chi connectivity index (χ3n) is 5.22. The summed E-state index contributed by atoms with van der Waals surface area (Å²) in [4.78, 5) is 25.5. The molecular formula is C22H22F3NO3. The topological polar surface area (TPSA) is 55.4 Å². The normalized spacial score (nSPS) is 20.8. The van der Waals surface area contributed by atoms with E-state index in [1.54, 1.807) is 6.92 Å². The number of aryl methyl sites for hydroxylation is 1. The molecule has 0 aliphatic heterocycles. The summed E-state index contributed by atoms with van der Waals surface area (Å²) < 4.78 is 43.5. The molecule has 1 fully saturated rings. The molecular weight excluding hydrogens is 383 g/mol. The first-order chi connectivity index (χ1) is 13.7. The average Bonchev–Trinajstić information content (AvgIpc) is 3.44. The van der Waals surface area contributed by atoms with Crippen LogP contribution >= 0.6 is 0 Å². The maximum atomic E-state index is 12.9. The minimum Gasteiger partial charge on any atom is -0.465 e. The summed E-state index contributed by atoms with van der Waals surface area (Å²) in [7, 11) is 0. The van der Waals surface area contributed by atoms with E-state index in [2.05, 4.69) is 5.32 Å². The van der Waals surface area contributed by atoms with Crippen LogP contribution in [0.5, 0.6) is 0 Å². The Bertz CT molecular complexity index is 891. The molecule has 1 aliphatic rings. The van der Waals surface area contributed by atoms with Crippen molar-refractivity contribution in [2.24, 2.45) is 5.41 Å². The zero-order valence-electron chi connectivity index (χ0n) is 16.2. The van der Waals surface area contributed by atoms with Crippen molar-refractivity contribution in [2.75, 3.05) is 6.61 Å². The number of rotatable bonds is 6. The van der Waals surface area contributed by atoms with Gasteiger partial charge in [-0.25, -0.2) is 0 Å². The van der Waals surface area contributed by atoms with Crippen molar-refractivity contribution < 1.29 is 27.5 Å². The number of halogens is 3. The number of carbonyl (C=O) groups excluding carboxylic acids is 2. The Hall–Kier alpha value is -2.83. The van der Waals surface area contributed by atoms with Crippen LogP contribution in [0.4, 0.5) is 13.2 Å². The molecule has 2 unspecified atom stereocenters. The van der Waals surface area contributed by atoms with Crippen molar-refractivity contribution >= 4 is 11.9 Å². The predicted octanol–water partition coefficient (Wildman–Crippen LogP) is 4.37. The van der Waals surface area contributed by atoms with E-state index in [9.17, 15) is 22.8 Å². The molecule has 1 N–H and O–H groups in total. The quantitative estimate of drug-likeness (QED) is 0.574. The van der Waals surface area contributed by atoms with Crippen LogP contribution in [0.2, 0.25) is 0 Å². The molecule has 2 atom stereocenters.